The maximum atomic E-state index is 12.0. The lowest BCUT2D eigenvalue weighted by Crippen LogP contribution is -2.27. The van der Waals surface area contributed by atoms with Crippen LogP contribution in [0, 0.1) is 5.92 Å². The highest BCUT2D eigenvalue weighted by Gasteiger charge is 2.27. The SMILES string of the molecule is CC[C@@H](C)[C@H](C(=O)OCC(N)=O)c1ccccc1. The number of ether oxygens (including phenoxy) is 1. The van der Waals surface area contributed by atoms with E-state index in [1.165, 1.54) is 0 Å². The number of primary amides is 1. The fraction of sp³-hybridized carbons (Fsp3) is 0.429. The second-order valence-corrected chi connectivity index (χ2v) is 4.35. The van der Waals surface area contributed by atoms with Crippen molar-refractivity contribution in [3.05, 3.63) is 35.9 Å². The Morgan fingerprint density at radius 2 is 1.89 bits per heavy atom. The Morgan fingerprint density at radius 3 is 2.39 bits per heavy atom. The summed E-state index contributed by atoms with van der Waals surface area (Å²) >= 11 is 0. The number of benzene rings is 1. The van der Waals surface area contributed by atoms with Gasteiger partial charge < -0.3 is 10.5 Å². The molecule has 0 saturated carbocycles. The highest BCUT2D eigenvalue weighted by molar-refractivity contribution is 5.82. The zero-order valence-corrected chi connectivity index (χ0v) is 10.8. The summed E-state index contributed by atoms with van der Waals surface area (Å²) in [4.78, 5) is 22.7. The van der Waals surface area contributed by atoms with Crippen molar-refractivity contribution in [2.24, 2.45) is 11.7 Å². The molecule has 1 rings (SSSR count). The lowest BCUT2D eigenvalue weighted by molar-refractivity contribution is -0.150. The van der Waals surface area contributed by atoms with Gasteiger partial charge in [0.15, 0.2) is 6.61 Å². The van der Waals surface area contributed by atoms with Crippen LogP contribution in [0.3, 0.4) is 0 Å². The first kappa shape index (κ1) is 14.2. The third-order valence-electron chi connectivity index (χ3n) is 2.98. The molecule has 0 unspecified atom stereocenters. The van der Waals surface area contributed by atoms with Gasteiger partial charge in [-0.3, -0.25) is 9.59 Å². The van der Waals surface area contributed by atoms with E-state index in [1.54, 1.807) is 0 Å². The lowest BCUT2D eigenvalue weighted by atomic mass is 9.86. The van der Waals surface area contributed by atoms with Crippen LogP contribution in [-0.2, 0) is 14.3 Å². The predicted molar refractivity (Wildman–Crippen MR) is 68.8 cm³/mol. The summed E-state index contributed by atoms with van der Waals surface area (Å²) in [5, 5.41) is 0. The lowest BCUT2D eigenvalue weighted by Gasteiger charge is -2.21. The van der Waals surface area contributed by atoms with Crippen molar-refractivity contribution < 1.29 is 14.3 Å². The van der Waals surface area contributed by atoms with Crippen molar-refractivity contribution in [2.45, 2.75) is 26.2 Å². The van der Waals surface area contributed by atoms with Gasteiger partial charge in [0.1, 0.15) is 0 Å². The summed E-state index contributed by atoms with van der Waals surface area (Å²) in [6, 6.07) is 9.44. The molecular formula is C14H19NO3. The molecule has 0 saturated heterocycles. The minimum atomic E-state index is -0.640. The van der Waals surface area contributed by atoms with E-state index in [0.29, 0.717) is 0 Å². The molecule has 0 aliphatic rings. The first-order valence-electron chi connectivity index (χ1n) is 6.06. The van der Waals surface area contributed by atoms with Crippen molar-refractivity contribution in [2.75, 3.05) is 6.61 Å². The van der Waals surface area contributed by atoms with E-state index < -0.39 is 11.9 Å². The van der Waals surface area contributed by atoms with Gasteiger partial charge in [0.05, 0.1) is 5.92 Å². The summed E-state index contributed by atoms with van der Waals surface area (Å²) in [6.45, 7) is 3.64. The third kappa shape index (κ3) is 3.87. The minimum Gasteiger partial charge on any atom is -0.455 e. The van der Waals surface area contributed by atoms with Gasteiger partial charge in [0.2, 0.25) is 0 Å². The number of amides is 1. The number of hydrogen-bond acceptors (Lipinski definition) is 3. The molecule has 1 amide bonds. The molecule has 0 bridgehead atoms. The Bertz CT molecular complexity index is 403. The van der Waals surface area contributed by atoms with E-state index >= 15 is 0 Å². The van der Waals surface area contributed by atoms with Crippen LogP contribution in [0.1, 0.15) is 31.7 Å². The number of carbonyl (C=O) groups excluding carboxylic acids is 2. The van der Waals surface area contributed by atoms with Crippen LogP contribution in [0.15, 0.2) is 30.3 Å². The molecule has 0 heterocycles. The first-order chi connectivity index (χ1) is 8.56. The summed E-state index contributed by atoms with van der Waals surface area (Å²) in [5.41, 5.74) is 5.88. The summed E-state index contributed by atoms with van der Waals surface area (Å²) in [7, 11) is 0. The van der Waals surface area contributed by atoms with Gasteiger partial charge in [-0.15, -0.1) is 0 Å². The van der Waals surface area contributed by atoms with Crippen LogP contribution >= 0.6 is 0 Å². The second kappa shape index (κ2) is 6.79. The molecule has 0 radical (unpaired) electrons. The van der Waals surface area contributed by atoms with Gasteiger partial charge in [-0.25, -0.2) is 0 Å². The molecule has 98 valence electrons. The second-order valence-electron chi connectivity index (χ2n) is 4.35. The van der Waals surface area contributed by atoms with Crippen LogP contribution < -0.4 is 5.73 Å². The molecular weight excluding hydrogens is 230 g/mol. The van der Waals surface area contributed by atoms with Gasteiger partial charge in [0, 0.05) is 0 Å². The van der Waals surface area contributed by atoms with Gasteiger partial charge in [0.25, 0.3) is 5.91 Å². The first-order valence-corrected chi connectivity index (χ1v) is 6.06. The number of carbonyl (C=O) groups is 2. The van der Waals surface area contributed by atoms with Gasteiger partial charge in [-0.2, -0.15) is 0 Å². The van der Waals surface area contributed by atoms with Crippen molar-refractivity contribution >= 4 is 11.9 Å². The topological polar surface area (TPSA) is 69.4 Å². The minimum absolute atomic E-state index is 0.146. The van der Waals surface area contributed by atoms with E-state index in [0.717, 1.165) is 12.0 Å². The molecule has 0 spiro atoms. The Morgan fingerprint density at radius 1 is 1.28 bits per heavy atom. The molecule has 1 aromatic carbocycles. The Balaban J connectivity index is 2.85. The van der Waals surface area contributed by atoms with E-state index in [1.807, 2.05) is 44.2 Å². The fourth-order valence-corrected chi connectivity index (χ4v) is 1.83. The molecule has 0 fully saturated rings. The van der Waals surface area contributed by atoms with Crippen molar-refractivity contribution in [3.8, 4) is 0 Å². The molecule has 0 aliphatic heterocycles. The van der Waals surface area contributed by atoms with Gasteiger partial charge in [-0.05, 0) is 11.5 Å². The number of rotatable bonds is 6. The quantitative estimate of drug-likeness (QED) is 0.782. The summed E-state index contributed by atoms with van der Waals surface area (Å²) < 4.78 is 4.93. The number of hydrogen-bond donors (Lipinski definition) is 1. The van der Waals surface area contributed by atoms with Crippen molar-refractivity contribution in [3.63, 3.8) is 0 Å². The smallest absolute Gasteiger partial charge is 0.314 e. The maximum absolute atomic E-state index is 12.0. The predicted octanol–water partition coefficient (Wildman–Crippen LogP) is 1.84. The molecule has 0 aromatic heterocycles. The molecule has 2 atom stereocenters. The number of esters is 1. The normalized spacial score (nSPS) is 13.7. The average Bonchev–Trinajstić information content (AvgIpc) is 2.37. The largest absolute Gasteiger partial charge is 0.455 e. The monoisotopic (exact) mass is 249 g/mol. The molecule has 4 heteroatoms. The molecule has 18 heavy (non-hydrogen) atoms. The molecule has 1 aromatic rings. The van der Waals surface area contributed by atoms with E-state index in [-0.39, 0.29) is 18.4 Å². The van der Waals surface area contributed by atoms with Crippen LogP contribution in [-0.4, -0.2) is 18.5 Å². The van der Waals surface area contributed by atoms with Crippen molar-refractivity contribution in [1.29, 1.82) is 0 Å². The molecule has 0 aliphatic carbocycles. The van der Waals surface area contributed by atoms with Crippen LogP contribution in [0.2, 0.25) is 0 Å². The molecule has 4 nitrogen and oxygen atoms in total. The Kier molecular flexibility index (Phi) is 5.36. The van der Waals surface area contributed by atoms with Crippen molar-refractivity contribution in [1.82, 2.24) is 0 Å². The maximum Gasteiger partial charge on any atom is 0.314 e. The Hall–Kier alpha value is -1.84. The highest BCUT2D eigenvalue weighted by Crippen LogP contribution is 2.28. The third-order valence-corrected chi connectivity index (χ3v) is 2.98. The van der Waals surface area contributed by atoms with Crippen LogP contribution in [0.25, 0.3) is 0 Å². The fourth-order valence-electron chi connectivity index (χ4n) is 1.83. The zero-order valence-electron chi connectivity index (χ0n) is 10.8. The van der Waals surface area contributed by atoms with Crippen LogP contribution in [0.4, 0.5) is 0 Å². The Labute approximate surface area is 107 Å². The van der Waals surface area contributed by atoms with E-state index in [4.69, 9.17) is 10.5 Å². The average molecular weight is 249 g/mol. The molecule has 2 N–H and O–H groups in total. The number of nitrogens with two attached hydrogens (primary N) is 1. The summed E-state index contributed by atoms with van der Waals surface area (Å²) in [6.07, 6.45) is 0.852. The van der Waals surface area contributed by atoms with Gasteiger partial charge >= 0.3 is 5.97 Å². The highest BCUT2D eigenvalue weighted by atomic mass is 16.5. The van der Waals surface area contributed by atoms with E-state index in [9.17, 15) is 9.59 Å². The standard InChI is InChI=1S/C14H19NO3/c1-3-10(2)13(11-7-5-4-6-8-11)14(17)18-9-12(15)16/h4-8,10,13H,3,9H2,1-2H3,(H2,15,16)/t10-,13+/m1/s1. The van der Waals surface area contributed by atoms with Gasteiger partial charge in [-0.1, -0.05) is 50.6 Å². The summed E-state index contributed by atoms with van der Waals surface area (Å²) in [5.74, 6) is -1.24. The van der Waals surface area contributed by atoms with E-state index in [2.05, 4.69) is 0 Å². The zero-order chi connectivity index (χ0) is 13.5. The van der Waals surface area contributed by atoms with Crippen LogP contribution in [0.5, 0.6) is 0 Å².